The van der Waals surface area contributed by atoms with E-state index in [0.717, 1.165) is 20.9 Å². The smallest absolute Gasteiger partial charge is 0.277 e. The van der Waals surface area contributed by atoms with Crippen molar-refractivity contribution in [2.75, 3.05) is 4.90 Å². The normalized spacial score (nSPS) is 28.8. The lowest BCUT2D eigenvalue weighted by molar-refractivity contribution is -0.884. The fraction of sp³-hybridized carbons (Fsp3) is 0.217. The van der Waals surface area contributed by atoms with Gasteiger partial charge in [-0.15, -0.1) is 0 Å². The van der Waals surface area contributed by atoms with Crippen LogP contribution in [0.15, 0.2) is 54.7 Å². The fourth-order valence-corrected chi connectivity index (χ4v) is 5.18. The third-order valence-corrected chi connectivity index (χ3v) is 6.46. The summed E-state index contributed by atoms with van der Waals surface area (Å²) in [4.78, 5) is 52.7. The van der Waals surface area contributed by atoms with Gasteiger partial charge in [0.2, 0.25) is 11.8 Å². The lowest BCUT2D eigenvalue weighted by Gasteiger charge is -2.30. The van der Waals surface area contributed by atoms with Crippen LogP contribution in [-0.4, -0.2) is 29.5 Å². The number of nitrogens with one attached hydrogen (secondary N) is 1. The van der Waals surface area contributed by atoms with Gasteiger partial charge in [-0.2, -0.15) is 0 Å². The number of carbonyl (C=O) groups is 4. The number of Topliss-reactive ketones (excluding diaryl/α,β-unsaturated/α-hetero) is 1. The Bertz CT molecular complexity index is 1140. The number of imide groups is 1. The summed E-state index contributed by atoms with van der Waals surface area (Å²) < 4.78 is 0. The van der Waals surface area contributed by atoms with Gasteiger partial charge in [0.1, 0.15) is 17.9 Å². The van der Waals surface area contributed by atoms with Crippen LogP contribution in [-0.2, 0) is 14.4 Å². The van der Waals surface area contributed by atoms with Crippen molar-refractivity contribution in [3.05, 3.63) is 71.4 Å². The van der Waals surface area contributed by atoms with Crippen LogP contribution in [0.2, 0.25) is 0 Å². The van der Waals surface area contributed by atoms with Gasteiger partial charge < -0.3 is 5.73 Å². The van der Waals surface area contributed by atoms with E-state index in [4.69, 9.17) is 5.73 Å². The first kappa shape index (κ1) is 18.4. The van der Waals surface area contributed by atoms with Gasteiger partial charge in [0.25, 0.3) is 5.91 Å². The van der Waals surface area contributed by atoms with Gasteiger partial charge in [-0.3, -0.25) is 24.1 Å². The number of hydrogen-bond donors (Lipinski definition) is 2. The van der Waals surface area contributed by atoms with Gasteiger partial charge in [0.05, 0.1) is 11.9 Å². The summed E-state index contributed by atoms with van der Waals surface area (Å²) in [6.07, 6.45) is 3.75. The standard InChI is InChI=1S/C23H19N3O4/c1-12(27)13-6-8-15(9-7-13)26-22(29)17-18(23(26)30)20(21(24)28)25-11-10-14-4-2-3-5-16(14)19(17)25/h2-11,17-20H,1H3,(H2,24,28)/p+1/t17-,18+,19-,20-/m1/s1. The van der Waals surface area contributed by atoms with Crippen LogP contribution in [0.5, 0.6) is 0 Å². The molecule has 3 N–H and O–H groups in total. The molecule has 0 aliphatic carbocycles. The molecule has 2 fully saturated rings. The summed E-state index contributed by atoms with van der Waals surface area (Å²) in [5, 5.41) is 0. The largest absolute Gasteiger partial charge is 0.364 e. The van der Waals surface area contributed by atoms with E-state index in [1.807, 2.05) is 36.5 Å². The zero-order valence-electron chi connectivity index (χ0n) is 16.2. The quantitative estimate of drug-likeness (QED) is 0.576. The molecule has 2 aromatic carbocycles. The number of rotatable bonds is 3. The molecule has 5 atom stereocenters. The highest BCUT2D eigenvalue weighted by Gasteiger charge is 2.67. The van der Waals surface area contributed by atoms with E-state index in [9.17, 15) is 19.2 Å². The number of ketones is 1. The number of nitrogens with two attached hydrogens (primary N) is 1. The molecule has 3 aliphatic rings. The van der Waals surface area contributed by atoms with E-state index >= 15 is 0 Å². The Kier molecular flexibility index (Phi) is 3.98. The van der Waals surface area contributed by atoms with Gasteiger partial charge in [0.15, 0.2) is 11.8 Å². The third-order valence-electron chi connectivity index (χ3n) is 6.46. The molecule has 3 heterocycles. The summed E-state index contributed by atoms with van der Waals surface area (Å²) in [6, 6.07) is 12.9. The van der Waals surface area contributed by atoms with Crippen LogP contribution < -0.4 is 15.5 Å². The highest BCUT2D eigenvalue weighted by atomic mass is 16.2. The number of anilines is 1. The van der Waals surface area contributed by atoms with Crippen molar-refractivity contribution in [2.24, 2.45) is 17.6 Å². The van der Waals surface area contributed by atoms with Gasteiger partial charge in [-0.25, -0.2) is 4.90 Å². The SMILES string of the molecule is CC(=O)c1ccc(N2C(=O)[C@@H]3[C@H](C2=O)[C@H](C(N)=O)[NH+]2C=Cc4ccccc4[C@H]32)cc1. The molecular formula is C23H20N3O4+. The van der Waals surface area contributed by atoms with Crippen molar-refractivity contribution < 1.29 is 24.1 Å². The first-order valence-electron chi connectivity index (χ1n) is 9.82. The Morgan fingerprint density at radius 2 is 1.63 bits per heavy atom. The number of nitrogens with zero attached hydrogens (tertiary/aromatic N) is 1. The van der Waals surface area contributed by atoms with Crippen LogP contribution in [0.4, 0.5) is 5.69 Å². The van der Waals surface area contributed by atoms with Crippen LogP contribution in [0.3, 0.4) is 0 Å². The van der Waals surface area contributed by atoms with E-state index in [0.29, 0.717) is 11.3 Å². The van der Waals surface area contributed by atoms with Crippen LogP contribution in [0, 0.1) is 11.8 Å². The van der Waals surface area contributed by atoms with Crippen LogP contribution >= 0.6 is 0 Å². The second-order valence-electron chi connectivity index (χ2n) is 7.99. The third kappa shape index (κ3) is 2.42. The fourth-order valence-electron chi connectivity index (χ4n) is 5.18. The summed E-state index contributed by atoms with van der Waals surface area (Å²) in [7, 11) is 0. The van der Waals surface area contributed by atoms with E-state index in [1.54, 1.807) is 24.3 Å². The van der Waals surface area contributed by atoms with Crippen molar-refractivity contribution >= 4 is 35.3 Å². The molecule has 1 unspecified atom stereocenters. The predicted octanol–water partition coefficient (Wildman–Crippen LogP) is 0.473. The monoisotopic (exact) mass is 402 g/mol. The number of quaternary nitrogens is 1. The van der Waals surface area contributed by atoms with Crippen molar-refractivity contribution in [1.82, 2.24) is 0 Å². The van der Waals surface area contributed by atoms with E-state index < -0.39 is 29.7 Å². The maximum Gasteiger partial charge on any atom is 0.277 e. The molecule has 7 nitrogen and oxygen atoms in total. The number of fused-ring (bicyclic) bond motifs is 5. The molecule has 7 heteroatoms. The highest BCUT2D eigenvalue weighted by Crippen LogP contribution is 2.44. The van der Waals surface area contributed by atoms with E-state index in [2.05, 4.69) is 0 Å². The molecule has 2 saturated heterocycles. The molecule has 0 bridgehead atoms. The summed E-state index contributed by atoms with van der Waals surface area (Å²) in [5.41, 5.74) is 8.51. The molecule has 5 rings (SSSR count). The molecule has 0 spiro atoms. The Balaban J connectivity index is 1.60. The van der Waals surface area contributed by atoms with Crippen LogP contribution in [0.1, 0.15) is 34.5 Å². The number of hydrogen-bond acceptors (Lipinski definition) is 4. The van der Waals surface area contributed by atoms with Crippen molar-refractivity contribution in [2.45, 2.75) is 19.0 Å². The predicted molar refractivity (Wildman–Crippen MR) is 108 cm³/mol. The summed E-state index contributed by atoms with van der Waals surface area (Å²) in [6.45, 7) is 1.45. The maximum atomic E-state index is 13.5. The van der Waals surface area contributed by atoms with E-state index in [1.165, 1.54) is 6.92 Å². The Morgan fingerprint density at radius 1 is 0.967 bits per heavy atom. The minimum absolute atomic E-state index is 0.101. The molecular weight excluding hydrogens is 382 g/mol. The zero-order chi connectivity index (χ0) is 21.2. The minimum atomic E-state index is -0.821. The Hall–Kier alpha value is -3.58. The maximum absolute atomic E-state index is 13.5. The first-order valence-corrected chi connectivity index (χ1v) is 9.82. The summed E-state index contributed by atoms with van der Waals surface area (Å²) >= 11 is 0. The molecule has 30 heavy (non-hydrogen) atoms. The Labute approximate surface area is 172 Å². The van der Waals surface area contributed by atoms with Gasteiger partial charge in [0, 0.05) is 11.1 Å². The zero-order valence-corrected chi connectivity index (χ0v) is 16.2. The average Bonchev–Trinajstić information content (AvgIpc) is 3.21. The topological polar surface area (TPSA) is 102 Å². The van der Waals surface area contributed by atoms with Gasteiger partial charge in [-0.05, 0) is 42.8 Å². The molecule has 0 radical (unpaired) electrons. The molecule has 3 aliphatic heterocycles. The molecule has 0 aromatic heterocycles. The number of carbonyl (C=O) groups excluding carboxylic acids is 4. The van der Waals surface area contributed by atoms with Crippen LogP contribution in [0.25, 0.3) is 6.08 Å². The highest BCUT2D eigenvalue weighted by molar-refractivity contribution is 6.23. The second kappa shape index (κ2) is 6.47. The lowest BCUT2D eigenvalue weighted by Crippen LogP contribution is -3.12. The van der Waals surface area contributed by atoms with Crippen molar-refractivity contribution in [3.63, 3.8) is 0 Å². The molecule has 2 aromatic rings. The minimum Gasteiger partial charge on any atom is -0.364 e. The van der Waals surface area contributed by atoms with Gasteiger partial charge in [-0.1, -0.05) is 24.3 Å². The number of amides is 3. The van der Waals surface area contributed by atoms with Crippen molar-refractivity contribution in [1.29, 1.82) is 0 Å². The number of primary amides is 1. The second-order valence-corrected chi connectivity index (χ2v) is 7.99. The molecule has 3 amide bonds. The summed E-state index contributed by atoms with van der Waals surface area (Å²) in [5.74, 6) is -2.95. The van der Waals surface area contributed by atoms with Crippen molar-refractivity contribution in [3.8, 4) is 0 Å². The Morgan fingerprint density at radius 3 is 2.30 bits per heavy atom. The average molecular weight is 402 g/mol. The molecule has 150 valence electrons. The first-order chi connectivity index (χ1) is 14.4. The van der Waals surface area contributed by atoms with Gasteiger partial charge >= 0.3 is 0 Å². The van der Waals surface area contributed by atoms with E-state index in [-0.39, 0.29) is 17.7 Å². The molecule has 0 saturated carbocycles. The number of benzene rings is 2. The lowest BCUT2D eigenvalue weighted by atomic mass is 9.84.